The Hall–Kier alpha value is -1.52. The molecule has 0 atom stereocenters. The van der Waals surface area contributed by atoms with Gasteiger partial charge < -0.3 is 11.1 Å². The molecular formula is C12H22N4O. The quantitative estimate of drug-likeness (QED) is 0.740. The first-order valence-electron chi connectivity index (χ1n) is 6.15. The lowest BCUT2D eigenvalue weighted by molar-refractivity contribution is 0.0944. The van der Waals surface area contributed by atoms with Crippen molar-refractivity contribution in [1.29, 1.82) is 0 Å². The SMILES string of the molecule is CCCCCCNC(=O)c1c(N)c(C)nn1C. The summed E-state index contributed by atoms with van der Waals surface area (Å²) in [4.78, 5) is 11.9. The van der Waals surface area contributed by atoms with E-state index in [1.807, 2.05) is 0 Å². The highest BCUT2D eigenvalue weighted by Gasteiger charge is 2.16. The standard InChI is InChI=1S/C12H22N4O/c1-4-5-6-7-8-14-12(17)11-10(13)9(2)15-16(11)3/h4-8,13H2,1-3H3,(H,14,17). The second kappa shape index (κ2) is 6.27. The molecule has 1 aromatic heterocycles. The normalized spacial score (nSPS) is 10.5. The van der Waals surface area contributed by atoms with E-state index in [-0.39, 0.29) is 5.91 Å². The van der Waals surface area contributed by atoms with Crippen LogP contribution in [-0.2, 0) is 7.05 Å². The van der Waals surface area contributed by atoms with Crippen molar-refractivity contribution < 1.29 is 4.79 Å². The fourth-order valence-corrected chi connectivity index (χ4v) is 1.78. The van der Waals surface area contributed by atoms with Gasteiger partial charge in [-0.2, -0.15) is 5.10 Å². The molecule has 0 spiro atoms. The zero-order chi connectivity index (χ0) is 12.8. The molecule has 17 heavy (non-hydrogen) atoms. The van der Waals surface area contributed by atoms with Crippen molar-refractivity contribution in [2.45, 2.75) is 39.5 Å². The van der Waals surface area contributed by atoms with E-state index < -0.39 is 0 Å². The summed E-state index contributed by atoms with van der Waals surface area (Å²) in [7, 11) is 1.73. The Morgan fingerprint density at radius 1 is 1.41 bits per heavy atom. The highest BCUT2D eigenvalue weighted by atomic mass is 16.2. The first kappa shape index (κ1) is 13.5. The maximum atomic E-state index is 11.9. The zero-order valence-corrected chi connectivity index (χ0v) is 10.9. The Labute approximate surface area is 102 Å². The number of nitrogens with two attached hydrogens (primary N) is 1. The fourth-order valence-electron chi connectivity index (χ4n) is 1.78. The van der Waals surface area contributed by atoms with Crippen LogP contribution in [0.25, 0.3) is 0 Å². The molecule has 5 heteroatoms. The molecule has 1 aromatic rings. The molecule has 96 valence electrons. The summed E-state index contributed by atoms with van der Waals surface area (Å²) in [6.45, 7) is 4.66. The summed E-state index contributed by atoms with van der Waals surface area (Å²) >= 11 is 0. The van der Waals surface area contributed by atoms with Crippen LogP contribution in [0.15, 0.2) is 0 Å². The summed E-state index contributed by atoms with van der Waals surface area (Å²) < 4.78 is 1.53. The average molecular weight is 238 g/mol. The number of amides is 1. The lowest BCUT2D eigenvalue weighted by Gasteiger charge is -2.05. The van der Waals surface area contributed by atoms with Gasteiger partial charge in [-0.15, -0.1) is 0 Å². The summed E-state index contributed by atoms with van der Waals surface area (Å²) in [6.07, 6.45) is 4.57. The minimum Gasteiger partial charge on any atom is -0.395 e. The van der Waals surface area contributed by atoms with Crippen LogP contribution < -0.4 is 11.1 Å². The maximum Gasteiger partial charge on any atom is 0.271 e. The first-order chi connectivity index (χ1) is 8.07. The van der Waals surface area contributed by atoms with Crippen molar-refractivity contribution in [2.75, 3.05) is 12.3 Å². The van der Waals surface area contributed by atoms with Gasteiger partial charge in [0, 0.05) is 13.6 Å². The van der Waals surface area contributed by atoms with Gasteiger partial charge >= 0.3 is 0 Å². The predicted molar refractivity (Wildman–Crippen MR) is 68.8 cm³/mol. The number of nitrogens with one attached hydrogen (secondary N) is 1. The van der Waals surface area contributed by atoms with Gasteiger partial charge in [-0.05, 0) is 13.3 Å². The Bertz CT molecular complexity index is 384. The van der Waals surface area contributed by atoms with Crippen LogP contribution >= 0.6 is 0 Å². The molecule has 0 aromatic carbocycles. The Morgan fingerprint density at radius 2 is 2.12 bits per heavy atom. The zero-order valence-electron chi connectivity index (χ0n) is 10.9. The number of nitrogen functional groups attached to an aromatic ring is 1. The highest BCUT2D eigenvalue weighted by molar-refractivity contribution is 5.97. The summed E-state index contributed by atoms with van der Waals surface area (Å²) in [5, 5.41) is 6.99. The van der Waals surface area contributed by atoms with E-state index in [2.05, 4.69) is 17.3 Å². The van der Waals surface area contributed by atoms with Crippen LogP contribution in [0, 0.1) is 6.92 Å². The van der Waals surface area contributed by atoms with Crippen LogP contribution in [-0.4, -0.2) is 22.2 Å². The lowest BCUT2D eigenvalue weighted by atomic mass is 10.2. The minimum absolute atomic E-state index is 0.137. The molecule has 0 saturated heterocycles. The maximum absolute atomic E-state index is 11.9. The second-order valence-electron chi connectivity index (χ2n) is 4.29. The van der Waals surface area contributed by atoms with E-state index in [4.69, 9.17) is 5.73 Å². The van der Waals surface area contributed by atoms with Crippen molar-refractivity contribution in [3.63, 3.8) is 0 Å². The molecule has 0 saturated carbocycles. The third-order valence-corrected chi connectivity index (χ3v) is 2.80. The molecule has 0 aliphatic rings. The number of carbonyl (C=O) groups excluding carboxylic acids is 1. The van der Waals surface area contributed by atoms with E-state index in [1.54, 1.807) is 14.0 Å². The van der Waals surface area contributed by atoms with Crippen LogP contribution in [0.3, 0.4) is 0 Å². The van der Waals surface area contributed by atoms with Crippen molar-refractivity contribution in [3.8, 4) is 0 Å². The predicted octanol–water partition coefficient (Wildman–Crippen LogP) is 1.62. The minimum atomic E-state index is -0.137. The Kier molecular flexibility index (Phi) is 5.00. The van der Waals surface area contributed by atoms with Gasteiger partial charge in [-0.25, -0.2) is 0 Å². The van der Waals surface area contributed by atoms with Crippen LogP contribution in [0.2, 0.25) is 0 Å². The van der Waals surface area contributed by atoms with E-state index in [1.165, 1.54) is 17.5 Å². The largest absolute Gasteiger partial charge is 0.395 e. The molecule has 0 aliphatic carbocycles. The highest BCUT2D eigenvalue weighted by Crippen LogP contribution is 2.14. The van der Waals surface area contributed by atoms with Crippen LogP contribution in [0.5, 0.6) is 0 Å². The molecule has 0 fully saturated rings. The summed E-state index contributed by atoms with van der Waals surface area (Å²) in [6, 6.07) is 0. The molecule has 1 heterocycles. The monoisotopic (exact) mass is 238 g/mol. The van der Waals surface area contributed by atoms with Gasteiger partial charge in [-0.1, -0.05) is 26.2 Å². The van der Waals surface area contributed by atoms with Gasteiger partial charge in [0.25, 0.3) is 5.91 Å². The summed E-state index contributed by atoms with van der Waals surface area (Å²) in [5.41, 5.74) is 7.44. The molecule has 0 unspecified atom stereocenters. The third-order valence-electron chi connectivity index (χ3n) is 2.80. The molecule has 1 amide bonds. The van der Waals surface area contributed by atoms with E-state index >= 15 is 0 Å². The van der Waals surface area contributed by atoms with Crippen molar-refractivity contribution in [2.24, 2.45) is 7.05 Å². The lowest BCUT2D eigenvalue weighted by Crippen LogP contribution is -2.27. The number of nitrogens with zero attached hydrogens (tertiary/aromatic N) is 2. The number of aryl methyl sites for hydroxylation is 2. The van der Waals surface area contributed by atoms with Crippen molar-refractivity contribution >= 4 is 11.6 Å². The van der Waals surface area contributed by atoms with Crippen LogP contribution in [0.1, 0.15) is 48.8 Å². The Balaban J connectivity index is 2.47. The number of hydrogen-bond acceptors (Lipinski definition) is 3. The number of aromatic nitrogens is 2. The van der Waals surface area contributed by atoms with Gasteiger partial charge in [0.15, 0.2) is 0 Å². The number of anilines is 1. The van der Waals surface area contributed by atoms with Crippen LogP contribution in [0.4, 0.5) is 5.69 Å². The number of carbonyl (C=O) groups is 1. The number of hydrogen-bond donors (Lipinski definition) is 2. The molecule has 0 radical (unpaired) electrons. The van der Waals surface area contributed by atoms with Gasteiger partial charge in [0.1, 0.15) is 5.69 Å². The van der Waals surface area contributed by atoms with Gasteiger partial charge in [-0.3, -0.25) is 9.48 Å². The third kappa shape index (κ3) is 3.47. The van der Waals surface area contributed by atoms with E-state index in [0.717, 1.165) is 12.8 Å². The molecule has 3 N–H and O–H groups in total. The van der Waals surface area contributed by atoms with Gasteiger partial charge in [0.2, 0.25) is 0 Å². The first-order valence-corrected chi connectivity index (χ1v) is 6.15. The van der Waals surface area contributed by atoms with E-state index in [9.17, 15) is 4.79 Å². The second-order valence-corrected chi connectivity index (χ2v) is 4.29. The fraction of sp³-hybridized carbons (Fsp3) is 0.667. The molecule has 0 aliphatic heterocycles. The molecule has 5 nitrogen and oxygen atoms in total. The molecular weight excluding hydrogens is 216 g/mol. The summed E-state index contributed by atoms with van der Waals surface area (Å²) in [5.74, 6) is -0.137. The molecule has 1 rings (SSSR count). The van der Waals surface area contributed by atoms with E-state index in [0.29, 0.717) is 23.6 Å². The average Bonchev–Trinajstić information content (AvgIpc) is 2.53. The number of rotatable bonds is 6. The smallest absolute Gasteiger partial charge is 0.271 e. The topological polar surface area (TPSA) is 72.9 Å². The van der Waals surface area contributed by atoms with Crippen molar-refractivity contribution in [1.82, 2.24) is 15.1 Å². The number of unbranched alkanes of at least 4 members (excludes halogenated alkanes) is 3. The van der Waals surface area contributed by atoms with Gasteiger partial charge in [0.05, 0.1) is 11.4 Å². The molecule has 0 bridgehead atoms. The van der Waals surface area contributed by atoms with Crippen molar-refractivity contribution in [3.05, 3.63) is 11.4 Å². The Morgan fingerprint density at radius 3 is 2.65 bits per heavy atom.